The summed E-state index contributed by atoms with van der Waals surface area (Å²) in [5, 5.41) is 11.2. The number of aromatic nitrogens is 2. The number of carbonyl (C=O) groups excluding carboxylic acids is 1. The molecule has 0 aliphatic carbocycles. The maximum absolute atomic E-state index is 13.6. The summed E-state index contributed by atoms with van der Waals surface area (Å²) >= 11 is 6.97. The van der Waals surface area contributed by atoms with Gasteiger partial charge in [-0.3, -0.25) is 14.4 Å². The molecule has 170 valence electrons. The molecular formula is C20H20ClFN4O4S2. The van der Waals surface area contributed by atoms with E-state index in [1.807, 2.05) is 12.1 Å². The summed E-state index contributed by atoms with van der Waals surface area (Å²) in [5.74, 6) is -0.601. The molecule has 3 aromatic rings. The average molecular weight is 499 g/mol. The van der Waals surface area contributed by atoms with Gasteiger partial charge in [-0.25, -0.2) is 12.8 Å². The molecule has 0 fully saturated rings. The third-order valence-corrected chi connectivity index (χ3v) is 6.84. The van der Waals surface area contributed by atoms with Gasteiger partial charge in [0.05, 0.1) is 24.1 Å². The van der Waals surface area contributed by atoms with Gasteiger partial charge in [0, 0.05) is 5.56 Å². The number of carbonyl (C=O) groups is 1. The fourth-order valence-electron chi connectivity index (χ4n) is 3.00. The highest BCUT2D eigenvalue weighted by Gasteiger charge is 2.32. The Morgan fingerprint density at radius 2 is 1.94 bits per heavy atom. The van der Waals surface area contributed by atoms with Crippen LogP contribution in [0.2, 0.25) is 5.02 Å². The molecule has 1 N–H and O–H groups in total. The molecule has 0 bridgehead atoms. The van der Waals surface area contributed by atoms with Gasteiger partial charge in [0.2, 0.25) is 21.1 Å². The minimum Gasteiger partial charge on any atom is -0.497 e. The second kappa shape index (κ2) is 9.80. The van der Waals surface area contributed by atoms with E-state index in [2.05, 4.69) is 15.5 Å². The molecule has 12 heteroatoms. The zero-order valence-corrected chi connectivity index (χ0v) is 19.8. The molecule has 0 saturated heterocycles. The predicted molar refractivity (Wildman–Crippen MR) is 123 cm³/mol. The van der Waals surface area contributed by atoms with Crippen LogP contribution < -0.4 is 14.4 Å². The second-order valence-electron chi connectivity index (χ2n) is 6.71. The van der Waals surface area contributed by atoms with Crippen LogP contribution in [0.3, 0.4) is 0 Å². The number of hydrogen-bond donors (Lipinski definition) is 1. The van der Waals surface area contributed by atoms with Gasteiger partial charge < -0.3 is 4.74 Å². The van der Waals surface area contributed by atoms with Crippen LogP contribution in [0, 0.1) is 5.82 Å². The Morgan fingerprint density at radius 3 is 2.50 bits per heavy atom. The lowest BCUT2D eigenvalue weighted by molar-refractivity contribution is -0.117. The first-order valence-electron chi connectivity index (χ1n) is 9.37. The minimum atomic E-state index is -3.89. The fraction of sp³-hybridized carbons (Fsp3) is 0.250. The first-order chi connectivity index (χ1) is 15.1. The van der Waals surface area contributed by atoms with Crippen molar-refractivity contribution in [3.05, 3.63) is 53.3 Å². The van der Waals surface area contributed by atoms with Crippen molar-refractivity contribution >= 4 is 49.7 Å². The largest absolute Gasteiger partial charge is 0.497 e. The number of sulfonamides is 1. The Bertz CT molecular complexity index is 1220. The summed E-state index contributed by atoms with van der Waals surface area (Å²) in [6.07, 6.45) is 1.12. The summed E-state index contributed by atoms with van der Waals surface area (Å²) in [6, 6.07) is 9.53. The first-order valence-corrected chi connectivity index (χ1v) is 12.4. The minimum absolute atomic E-state index is 0.0806. The van der Waals surface area contributed by atoms with E-state index in [4.69, 9.17) is 16.3 Å². The van der Waals surface area contributed by atoms with Crippen molar-refractivity contribution in [1.82, 2.24) is 10.2 Å². The van der Waals surface area contributed by atoms with Crippen LogP contribution in [-0.4, -0.2) is 43.9 Å². The van der Waals surface area contributed by atoms with Crippen LogP contribution in [0.1, 0.15) is 13.3 Å². The van der Waals surface area contributed by atoms with Gasteiger partial charge in [-0.05, 0) is 48.9 Å². The molecule has 1 heterocycles. The van der Waals surface area contributed by atoms with Crippen molar-refractivity contribution in [2.45, 2.75) is 19.4 Å². The van der Waals surface area contributed by atoms with Crippen molar-refractivity contribution in [2.24, 2.45) is 0 Å². The van der Waals surface area contributed by atoms with Gasteiger partial charge in [0.15, 0.2) is 0 Å². The monoisotopic (exact) mass is 498 g/mol. The van der Waals surface area contributed by atoms with E-state index in [1.54, 1.807) is 26.2 Å². The van der Waals surface area contributed by atoms with Crippen molar-refractivity contribution in [2.75, 3.05) is 23.0 Å². The van der Waals surface area contributed by atoms with Crippen molar-refractivity contribution < 1.29 is 22.3 Å². The highest BCUT2D eigenvalue weighted by molar-refractivity contribution is 7.92. The molecule has 32 heavy (non-hydrogen) atoms. The standard InChI is InChI=1S/C20H20ClFN4O4S2/c1-4-17(26(32(3,28)29)13-7-10-16(22)15(21)11-13)18(27)23-20-25-24-19(31-20)12-5-8-14(30-2)9-6-12/h5-11,17H,4H2,1-3H3,(H,23,25,27). The van der Waals surface area contributed by atoms with Crippen molar-refractivity contribution in [3.8, 4) is 16.3 Å². The van der Waals surface area contributed by atoms with E-state index in [0.717, 1.165) is 33.5 Å². The number of rotatable bonds is 8. The van der Waals surface area contributed by atoms with Gasteiger partial charge in [-0.1, -0.05) is 29.9 Å². The Kier molecular flexibility index (Phi) is 7.32. The predicted octanol–water partition coefficient (Wildman–Crippen LogP) is 4.19. The number of amides is 1. The van der Waals surface area contributed by atoms with Crippen LogP contribution in [0.5, 0.6) is 5.75 Å². The Labute approximate surface area is 194 Å². The topological polar surface area (TPSA) is 101 Å². The Balaban J connectivity index is 1.85. The van der Waals surface area contributed by atoms with E-state index in [1.165, 1.54) is 12.1 Å². The van der Waals surface area contributed by atoms with Crippen molar-refractivity contribution in [3.63, 3.8) is 0 Å². The van der Waals surface area contributed by atoms with Crippen LogP contribution >= 0.6 is 22.9 Å². The number of halogens is 2. The summed E-state index contributed by atoms with van der Waals surface area (Å²) in [7, 11) is -2.33. The zero-order valence-electron chi connectivity index (χ0n) is 17.4. The molecular weight excluding hydrogens is 479 g/mol. The zero-order chi connectivity index (χ0) is 23.5. The molecule has 8 nitrogen and oxygen atoms in total. The molecule has 0 aliphatic heterocycles. The molecule has 2 aromatic carbocycles. The Hall–Kier alpha value is -2.76. The van der Waals surface area contributed by atoms with E-state index >= 15 is 0 Å². The van der Waals surface area contributed by atoms with E-state index in [9.17, 15) is 17.6 Å². The molecule has 1 aromatic heterocycles. The molecule has 1 amide bonds. The lowest BCUT2D eigenvalue weighted by Gasteiger charge is -2.29. The van der Waals surface area contributed by atoms with Gasteiger partial charge >= 0.3 is 0 Å². The SMILES string of the molecule is CCC(C(=O)Nc1nnc(-c2ccc(OC)cc2)s1)N(c1ccc(F)c(Cl)c1)S(C)(=O)=O. The molecule has 1 atom stereocenters. The second-order valence-corrected chi connectivity index (χ2v) is 9.96. The van der Waals surface area contributed by atoms with Gasteiger partial charge in [-0.2, -0.15) is 0 Å². The van der Waals surface area contributed by atoms with Gasteiger partial charge in [0.25, 0.3) is 0 Å². The summed E-state index contributed by atoms with van der Waals surface area (Å²) in [5.41, 5.74) is 0.867. The quantitative estimate of drug-likeness (QED) is 0.499. The van der Waals surface area contributed by atoms with Crippen LogP contribution in [0.4, 0.5) is 15.2 Å². The molecule has 1 unspecified atom stereocenters. The molecule has 0 saturated carbocycles. The number of benzene rings is 2. The summed E-state index contributed by atoms with van der Waals surface area (Å²) < 4.78 is 44.6. The molecule has 0 radical (unpaired) electrons. The maximum atomic E-state index is 13.6. The molecule has 0 spiro atoms. The third-order valence-electron chi connectivity index (χ3n) is 4.48. The number of ether oxygens (including phenoxy) is 1. The number of nitrogens with zero attached hydrogens (tertiary/aromatic N) is 3. The van der Waals surface area contributed by atoms with Crippen LogP contribution in [0.25, 0.3) is 10.6 Å². The summed E-state index contributed by atoms with van der Waals surface area (Å²) in [4.78, 5) is 13.0. The first kappa shape index (κ1) is 23.9. The number of nitrogens with one attached hydrogen (secondary N) is 1. The molecule has 0 aliphatic rings. The number of anilines is 2. The van der Waals surface area contributed by atoms with Crippen LogP contribution in [0.15, 0.2) is 42.5 Å². The lowest BCUT2D eigenvalue weighted by Crippen LogP contribution is -2.47. The number of methoxy groups -OCH3 is 1. The highest BCUT2D eigenvalue weighted by atomic mass is 35.5. The van der Waals surface area contributed by atoms with Gasteiger partial charge in [0.1, 0.15) is 22.6 Å². The van der Waals surface area contributed by atoms with E-state index in [0.29, 0.717) is 10.8 Å². The smallest absolute Gasteiger partial charge is 0.250 e. The number of hydrogen-bond acceptors (Lipinski definition) is 7. The maximum Gasteiger partial charge on any atom is 0.250 e. The Morgan fingerprint density at radius 1 is 1.25 bits per heavy atom. The lowest BCUT2D eigenvalue weighted by atomic mass is 10.2. The highest BCUT2D eigenvalue weighted by Crippen LogP contribution is 2.30. The van der Waals surface area contributed by atoms with Crippen molar-refractivity contribution in [1.29, 1.82) is 0 Å². The fourth-order valence-corrected chi connectivity index (χ4v) is 5.13. The summed E-state index contributed by atoms with van der Waals surface area (Å²) in [6.45, 7) is 1.66. The van der Waals surface area contributed by atoms with E-state index in [-0.39, 0.29) is 22.3 Å². The average Bonchev–Trinajstić information content (AvgIpc) is 3.21. The molecule has 3 rings (SSSR count). The normalized spacial score (nSPS) is 12.3. The van der Waals surface area contributed by atoms with Crippen LogP contribution in [-0.2, 0) is 14.8 Å². The third kappa shape index (κ3) is 5.34. The van der Waals surface area contributed by atoms with E-state index < -0.39 is 27.8 Å². The van der Waals surface area contributed by atoms with Gasteiger partial charge in [-0.15, -0.1) is 10.2 Å².